The third kappa shape index (κ3) is 2.51. The summed E-state index contributed by atoms with van der Waals surface area (Å²) in [6, 6.07) is -0.504. The Morgan fingerprint density at radius 3 is 2.83 bits per heavy atom. The first-order chi connectivity index (χ1) is 11.3. The molecule has 10 heteroatoms. The first-order valence-electron chi connectivity index (χ1n) is 7.15. The molecule has 1 aliphatic rings. The number of nitrogens with two attached hydrogens (primary N) is 1. The minimum absolute atomic E-state index is 0.0367. The lowest BCUT2D eigenvalue weighted by molar-refractivity contribution is -0.0766. The molecule has 1 unspecified atom stereocenters. The van der Waals surface area contributed by atoms with E-state index in [1.807, 2.05) is 13.8 Å². The van der Waals surface area contributed by atoms with Gasteiger partial charge in [-0.05, 0) is 19.4 Å². The number of rotatable bonds is 3. The lowest BCUT2D eigenvalue weighted by atomic mass is 10.0. The van der Waals surface area contributed by atoms with Crippen molar-refractivity contribution < 1.29 is 9.94 Å². The topological polar surface area (TPSA) is 122 Å². The van der Waals surface area contributed by atoms with Gasteiger partial charge < -0.3 is 15.5 Å². The molecule has 0 aliphatic carbocycles. The number of nitrogen functional groups attached to an aromatic ring is 1. The SMILES string of the molecule is COC1=C(C)C(Cn2c(=O)[nH]c3c(Cl)nc(N)nc32)N(O)C=C1C. The lowest BCUT2D eigenvalue weighted by Gasteiger charge is -2.31. The highest BCUT2D eigenvalue weighted by atomic mass is 35.5. The van der Waals surface area contributed by atoms with Crippen LogP contribution in [0.4, 0.5) is 5.95 Å². The van der Waals surface area contributed by atoms with Crippen LogP contribution < -0.4 is 11.4 Å². The summed E-state index contributed by atoms with van der Waals surface area (Å²) in [5.41, 5.74) is 7.36. The average molecular weight is 353 g/mol. The van der Waals surface area contributed by atoms with E-state index in [2.05, 4.69) is 15.0 Å². The number of hydrogen-bond acceptors (Lipinski definition) is 7. The molecule has 0 saturated carbocycles. The molecule has 0 radical (unpaired) electrons. The highest BCUT2D eigenvalue weighted by molar-refractivity contribution is 6.33. The Kier molecular flexibility index (Phi) is 3.98. The van der Waals surface area contributed by atoms with Gasteiger partial charge in [0, 0.05) is 11.8 Å². The number of aromatic nitrogens is 4. The Labute approximate surface area is 142 Å². The first-order valence-corrected chi connectivity index (χ1v) is 7.53. The molecular formula is C14H17ClN6O3. The van der Waals surface area contributed by atoms with E-state index in [1.54, 1.807) is 13.3 Å². The van der Waals surface area contributed by atoms with E-state index in [-0.39, 0.29) is 23.3 Å². The molecule has 0 bridgehead atoms. The van der Waals surface area contributed by atoms with Crippen molar-refractivity contribution in [1.82, 2.24) is 24.6 Å². The maximum absolute atomic E-state index is 12.3. The third-order valence-electron chi connectivity index (χ3n) is 4.02. The summed E-state index contributed by atoms with van der Waals surface area (Å²) in [4.78, 5) is 22.8. The number of hydrogen-bond donors (Lipinski definition) is 3. The van der Waals surface area contributed by atoms with E-state index in [0.29, 0.717) is 11.3 Å². The Morgan fingerprint density at radius 1 is 1.46 bits per heavy atom. The molecule has 24 heavy (non-hydrogen) atoms. The second kappa shape index (κ2) is 5.84. The van der Waals surface area contributed by atoms with Gasteiger partial charge in [-0.15, -0.1) is 0 Å². The molecule has 2 aromatic rings. The zero-order valence-electron chi connectivity index (χ0n) is 13.4. The number of aromatic amines is 1. The number of imidazole rings is 1. The quantitative estimate of drug-likeness (QED) is 0.710. The van der Waals surface area contributed by atoms with Gasteiger partial charge in [0.05, 0.1) is 19.7 Å². The van der Waals surface area contributed by atoms with Gasteiger partial charge in [0.1, 0.15) is 11.3 Å². The smallest absolute Gasteiger partial charge is 0.327 e. The van der Waals surface area contributed by atoms with Gasteiger partial charge in [-0.1, -0.05) is 11.6 Å². The second-order valence-corrected chi connectivity index (χ2v) is 5.89. The normalized spacial score (nSPS) is 18.3. The van der Waals surface area contributed by atoms with Crippen LogP contribution in [0.25, 0.3) is 11.2 Å². The molecule has 3 rings (SSSR count). The van der Waals surface area contributed by atoms with Crippen LogP contribution in [0, 0.1) is 0 Å². The predicted octanol–water partition coefficient (Wildman–Crippen LogP) is 1.25. The minimum atomic E-state index is -0.504. The average Bonchev–Trinajstić information content (AvgIpc) is 2.80. The lowest BCUT2D eigenvalue weighted by Crippen LogP contribution is -2.39. The van der Waals surface area contributed by atoms with Gasteiger partial charge in [-0.3, -0.25) is 14.8 Å². The molecule has 1 atom stereocenters. The Morgan fingerprint density at radius 2 is 2.17 bits per heavy atom. The van der Waals surface area contributed by atoms with Crippen LogP contribution in [0.2, 0.25) is 5.15 Å². The molecule has 0 amide bonds. The molecule has 1 aliphatic heterocycles. The number of nitrogens with zero attached hydrogens (tertiary/aromatic N) is 4. The molecule has 4 N–H and O–H groups in total. The Balaban J connectivity index is 2.09. The van der Waals surface area contributed by atoms with E-state index in [1.165, 1.54) is 4.57 Å². The van der Waals surface area contributed by atoms with Crippen LogP contribution in [0.3, 0.4) is 0 Å². The van der Waals surface area contributed by atoms with Crippen LogP contribution in [0.15, 0.2) is 27.9 Å². The number of hydroxylamine groups is 2. The first kappa shape index (κ1) is 16.3. The van der Waals surface area contributed by atoms with Crippen molar-refractivity contribution in [3.05, 3.63) is 38.7 Å². The van der Waals surface area contributed by atoms with Crippen molar-refractivity contribution in [2.75, 3.05) is 12.8 Å². The Hall–Kier alpha value is -2.52. The van der Waals surface area contributed by atoms with Crippen LogP contribution in [-0.2, 0) is 11.3 Å². The molecule has 0 saturated heterocycles. The zero-order chi connectivity index (χ0) is 17.6. The number of fused-ring (bicyclic) bond motifs is 1. The third-order valence-corrected chi connectivity index (χ3v) is 4.29. The molecule has 0 aromatic carbocycles. The summed E-state index contributed by atoms with van der Waals surface area (Å²) in [6.45, 7) is 3.79. The number of anilines is 1. The fourth-order valence-corrected chi connectivity index (χ4v) is 3.12. The van der Waals surface area contributed by atoms with Gasteiger partial charge in [-0.25, -0.2) is 4.79 Å². The Bertz CT molecular complexity index is 928. The standard InChI is InChI=1S/C14H17ClN6O3/c1-6-4-21(23)8(7(2)10(6)24-3)5-20-12-9(17-14(20)22)11(15)18-13(16)19-12/h4,8,23H,5H2,1-3H3,(H,17,22)(H2,16,18,19). The molecular weight excluding hydrogens is 336 g/mol. The van der Waals surface area contributed by atoms with Gasteiger partial charge >= 0.3 is 5.69 Å². The fraction of sp³-hybridized carbons (Fsp3) is 0.357. The number of ether oxygens (including phenoxy) is 1. The van der Waals surface area contributed by atoms with Gasteiger partial charge in [0.2, 0.25) is 5.95 Å². The maximum Gasteiger partial charge on any atom is 0.327 e. The molecule has 0 spiro atoms. The van der Waals surface area contributed by atoms with Gasteiger partial charge in [0.25, 0.3) is 0 Å². The van der Waals surface area contributed by atoms with E-state index in [9.17, 15) is 10.0 Å². The van der Waals surface area contributed by atoms with E-state index in [4.69, 9.17) is 22.1 Å². The van der Waals surface area contributed by atoms with Crippen molar-refractivity contribution in [3.8, 4) is 0 Å². The molecule has 9 nitrogen and oxygen atoms in total. The number of allylic oxidation sites excluding steroid dienone is 1. The fourth-order valence-electron chi connectivity index (χ4n) is 2.90. The van der Waals surface area contributed by atoms with Gasteiger partial charge in [0.15, 0.2) is 10.8 Å². The number of halogens is 1. The van der Waals surface area contributed by atoms with Crippen molar-refractivity contribution in [1.29, 1.82) is 0 Å². The number of H-pyrrole nitrogens is 1. The van der Waals surface area contributed by atoms with E-state index < -0.39 is 11.7 Å². The van der Waals surface area contributed by atoms with Crippen molar-refractivity contribution in [2.45, 2.75) is 26.4 Å². The minimum Gasteiger partial charge on any atom is -0.496 e. The molecule has 128 valence electrons. The summed E-state index contributed by atoms with van der Waals surface area (Å²) in [6.07, 6.45) is 1.55. The summed E-state index contributed by atoms with van der Waals surface area (Å²) in [5.74, 6) is 0.635. The number of methoxy groups -OCH3 is 1. The predicted molar refractivity (Wildman–Crippen MR) is 88.5 cm³/mol. The van der Waals surface area contributed by atoms with Crippen LogP contribution in [0.5, 0.6) is 0 Å². The van der Waals surface area contributed by atoms with E-state index >= 15 is 0 Å². The van der Waals surface area contributed by atoms with Crippen molar-refractivity contribution in [3.63, 3.8) is 0 Å². The van der Waals surface area contributed by atoms with Crippen molar-refractivity contribution in [2.24, 2.45) is 0 Å². The maximum atomic E-state index is 12.3. The van der Waals surface area contributed by atoms with Crippen LogP contribution in [-0.4, -0.2) is 42.9 Å². The highest BCUT2D eigenvalue weighted by Crippen LogP contribution is 2.28. The van der Waals surface area contributed by atoms with Crippen LogP contribution >= 0.6 is 11.6 Å². The summed E-state index contributed by atoms with van der Waals surface area (Å²) >= 11 is 6.00. The highest BCUT2D eigenvalue weighted by Gasteiger charge is 2.28. The summed E-state index contributed by atoms with van der Waals surface area (Å²) in [5, 5.41) is 11.4. The monoisotopic (exact) mass is 352 g/mol. The summed E-state index contributed by atoms with van der Waals surface area (Å²) in [7, 11) is 1.56. The van der Waals surface area contributed by atoms with Gasteiger partial charge in [-0.2, -0.15) is 9.97 Å². The summed E-state index contributed by atoms with van der Waals surface area (Å²) < 4.78 is 6.74. The largest absolute Gasteiger partial charge is 0.496 e. The van der Waals surface area contributed by atoms with Crippen molar-refractivity contribution >= 4 is 28.7 Å². The van der Waals surface area contributed by atoms with E-state index in [0.717, 1.165) is 16.2 Å². The molecule has 2 aromatic heterocycles. The molecule has 3 heterocycles. The van der Waals surface area contributed by atoms with Crippen LogP contribution in [0.1, 0.15) is 13.8 Å². The number of nitrogens with one attached hydrogen (secondary N) is 1. The molecule has 0 fully saturated rings. The second-order valence-electron chi connectivity index (χ2n) is 5.54. The zero-order valence-corrected chi connectivity index (χ0v) is 14.1.